The van der Waals surface area contributed by atoms with Crippen LogP contribution in [0.15, 0.2) is 113 Å². The van der Waals surface area contributed by atoms with Crippen LogP contribution < -0.4 is 15.0 Å². The van der Waals surface area contributed by atoms with Crippen molar-refractivity contribution in [2.45, 2.75) is 13.0 Å². The van der Waals surface area contributed by atoms with Crippen molar-refractivity contribution < 1.29 is 4.74 Å². The van der Waals surface area contributed by atoms with Gasteiger partial charge in [-0.2, -0.15) is 5.10 Å². The number of hydrogen-bond donors (Lipinski definition) is 1. The van der Waals surface area contributed by atoms with Gasteiger partial charge in [-0.05, 0) is 55.0 Å². The molecule has 7 rings (SSSR count). The number of hydrogen-bond acceptors (Lipinski definition) is 6. The number of aliphatic imine (C=N–C) groups is 2. The number of aryl methyl sites for hydroxylation is 1. The maximum absolute atomic E-state index is 6.47. The van der Waals surface area contributed by atoms with Crippen molar-refractivity contribution in [3.63, 3.8) is 0 Å². The van der Waals surface area contributed by atoms with Gasteiger partial charge in [-0.25, -0.2) is 14.7 Å². The van der Waals surface area contributed by atoms with Crippen LogP contribution in [-0.4, -0.2) is 28.6 Å². The standard InChI is InChI=1S/C32H25ClN6O/c1-20-28-29(21-11-5-3-6-12-21)38-26-16-10-9-15-25(26)35-30(34-22-17-18-27(40-2)24(33)19-22)32(38)36-31(28)39(37-20)23-13-7-4-8-14-23/h3-19,29H,1-2H3,(H,34,35)/t29-/m1/s1. The smallest absolute Gasteiger partial charge is 0.179 e. The first-order valence-corrected chi connectivity index (χ1v) is 13.4. The Bertz CT molecular complexity index is 1800. The predicted octanol–water partition coefficient (Wildman–Crippen LogP) is 7.64. The predicted molar refractivity (Wildman–Crippen MR) is 161 cm³/mol. The van der Waals surface area contributed by atoms with Crippen LogP contribution in [0.1, 0.15) is 22.9 Å². The molecular formula is C32H25ClN6O. The van der Waals surface area contributed by atoms with Crippen molar-refractivity contribution in [3.05, 3.63) is 125 Å². The molecule has 1 aromatic heterocycles. The van der Waals surface area contributed by atoms with E-state index in [0.29, 0.717) is 22.4 Å². The Morgan fingerprint density at radius 3 is 2.33 bits per heavy atom. The molecule has 0 saturated carbocycles. The highest BCUT2D eigenvalue weighted by Gasteiger charge is 2.41. The fraction of sp³-hybridized carbons (Fsp3) is 0.0938. The number of nitrogens with one attached hydrogen (secondary N) is 1. The molecule has 2 aliphatic rings. The van der Waals surface area contributed by atoms with Crippen LogP contribution in [0.4, 0.5) is 22.9 Å². The summed E-state index contributed by atoms with van der Waals surface area (Å²) in [5, 5.41) is 8.98. The number of halogens is 1. The molecule has 0 amide bonds. The highest BCUT2D eigenvalue weighted by atomic mass is 35.5. The average Bonchev–Trinajstić information content (AvgIpc) is 3.33. The van der Waals surface area contributed by atoms with Crippen molar-refractivity contribution in [3.8, 4) is 11.4 Å². The number of fused-ring (bicyclic) bond motifs is 4. The van der Waals surface area contributed by atoms with Crippen molar-refractivity contribution >= 4 is 46.2 Å². The lowest BCUT2D eigenvalue weighted by Crippen LogP contribution is -2.46. The van der Waals surface area contributed by atoms with Gasteiger partial charge in [-0.1, -0.05) is 72.3 Å². The molecule has 1 N–H and O–H groups in total. The maximum Gasteiger partial charge on any atom is 0.179 e. The van der Waals surface area contributed by atoms with Gasteiger partial charge in [-0.3, -0.25) is 0 Å². The average molecular weight is 545 g/mol. The summed E-state index contributed by atoms with van der Waals surface area (Å²) in [6.07, 6.45) is 0. The van der Waals surface area contributed by atoms with Crippen LogP contribution in [-0.2, 0) is 0 Å². The molecule has 2 aliphatic heterocycles. The molecule has 40 heavy (non-hydrogen) atoms. The summed E-state index contributed by atoms with van der Waals surface area (Å²) < 4.78 is 7.27. The van der Waals surface area contributed by atoms with Gasteiger partial charge < -0.3 is 15.0 Å². The number of aromatic nitrogens is 2. The molecule has 3 heterocycles. The Morgan fingerprint density at radius 1 is 0.850 bits per heavy atom. The molecule has 196 valence electrons. The molecule has 0 aliphatic carbocycles. The minimum absolute atomic E-state index is 0.172. The van der Waals surface area contributed by atoms with Crippen LogP contribution in [0.2, 0.25) is 5.02 Å². The quantitative estimate of drug-likeness (QED) is 0.252. The third-order valence-corrected chi connectivity index (χ3v) is 7.46. The normalized spacial score (nSPS) is 15.4. The highest BCUT2D eigenvalue weighted by Crippen LogP contribution is 2.48. The number of rotatable bonds is 4. The van der Waals surface area contributed by atoms with E-state index in [1.54, 1.807) is 7.11 Å². The van der Waals surface area contributed by atoms with Gasteiger partial charge in [0, 0.05) is 11.3 Å². The first-order chi connectivity index (χ1) is 19.6. The molecule has 0 saturated heterocycles. The van der Waals surface area contributed by atoms with E-state index in [1.165, 1.54) is 0 Å². The number of nitrogens with zero attached hydrogens (tertiary/aromatic N) is 5. The lowest BCUT2D eigenvalue weighted by atomic mass is 9.93. The lowest BCUT2D eigenvalue weighted by Gasteiger charge is -2.40. The van der Waals surface area contributed by atoms with Gasteiger partial charge in [0.05, 0.1) is 40.9 Å². The number of para-hydroxylation sites is 3. The first-order valence-electron chi connectivity index (χ1n) is 13.0. The molecule has 0 unspecified atom stereocenters. The van der Waals surface area contributed by atoms with Crippen molar-refractivity contribution in [1.82, 2.24) is 9.78 Å². The topological polar surface area (TPSA) is 67.0 Å². The SMILES string of the molecule is COc1ccc(NC2=Nc3ccccc3N3C2=Nc2c(c(C)nn2-c2ccccc2)[C@H]3c2ccccc2)cc1Cl. The van der Waals surface area contributed by atoms with Gasteiger partial charge >= 0.3 is 0 Å². The van der Waals surface area contributed by atoms with Crippen LogP contribution in [0.3, 0.4) is 0 Å². The molecule has 1 atom stereocenters. The fourth-order valence-corrected chi connectivity index (χ4v) is 5.64. The van der Waals surface area contributed by atoms with E-state index < -0.39 is 0 Å². The molecule has 0 spiro atoms. The van der Waals surface area contributed by atoms with Gasteiger partial charge in [0.15, 0.2) is 17.5 Å². The van der Waals surface area contributed by atoms with Crippen molar-refractivity contribution in [2.24, 2.45) is 9.98 Å². The number of benzene rings is 4. The zero-order valence-electron chi connectivity index (χ0n) is 21.9. The third kappa shape index (κ3) is 3.94. The van der Waals surface area contributed by atoms with Crippen molar-refractivity contribution in [2.75, 3.05) is 17.3 Å². The Labute approximate surface area is 237 Å². The van der Waals surface area contributed by atoms with Crippen LogP contribution in [0.25, 0.3) is 5.69 Å². The molecule has 8 heteroatoms. The fourth-order valence-electron chi connectivity index (χ4n) is 5.38. The van der Waals surface area contributed by atoms with Gasteiger partial charge in [0.25, 0.3) is 0 Å². The lowest BCUT2D eigenvalue weighted by molar-refractivity contribution is 0.415. The Balaban J connectivity index is 1.47. The molecule has 4 aromatic carbocycles. The van der Waals surface area contributed by atoms with E-state index >= 15 is 0 Å². The molecule has 0 fully saturated rings. The summed E-state index contributed by atoms with van der Waals surface area (Å²) in [7, 11) is 1.60. The number of amidine groups is 2. The van der Waals surface area contributed by atoms with Gasteiger partial charge in [0.1, 0.15) is 5.75 Å². The minimum Gasteiger partial charge on any atom is -0.495 e. The van der Waals surface area contributed by atoms with Crippen LogP contribution >= 0.6 is 11.6 Å². The van der Waals surface area contributed by atoms with E-state index in [2.05, 4.69) is 47.5 Å². The van der Waals surface area contributed by atoms with Gasteiger partial charge in [0.2, 0.25) is 0 Å². The Kier molecular flexibility index (Phi) is 5.86. The second-order valence-electron chi connectivity index (χ2n) is 9.61. The molecular weight excluding hydrogens is 520 g/mol. The van der Waals surface area contributed by atoms with Crippen LogP contribution in [0.5, 0.6) is 5.75 Å². The summed E-state index contributed by atoms with van der Waals surface area (Å²) in [6, 6.07) is 34.1. The molecule has 7 nitrogen and oxygen atoms in total. The Morgan fingerprint density at radius 2 is 1.57 bits per heavy atom. The molecule has 0 radical (unpaired) electrons. The first kappa shape index (κ1) is 24.2. The number of anilines is 2. The van der Waals surface area contributed by atoms with E-state index in [9.17, 15) is 0 Å². The molecule has 5 aromatic rings. The molecule has 0 bridgehead atoms. The third-order valence-electron chi connectivity index (χ3n) is 7.17. The largest absolute Gasteiger partial charge is 0.495 e. The van der Waals surface area contributed by atoms with Crippen molar-refractivity contribution in [1.29, 1.82) is 0 Å². The number of ether oxygens (including phenoxy) is 1. The summed E-state index contributed by atoms with van der Waals surface area (Å²) in [5.74, 6) is 2.70. The van der Waals surface area contributed by atoms with E-state index in [1.807, 2.05) is 77.5 Å². The van der Waals surface area contributed by atoms with E-state index in [-0.39, 0.29) is 6.04 Å². The Hall–Kier alpha value is -4.88. The zero-order chi connectivity index (χ0) is 27.2. The monoisotopic (exact) mass is 544 g/mol. The van der Waals surface area contributed by atoms with E-state index in [0.717, 1.165) is 45.4 Å². The number of methoxy groups -OCH3 is 1. The second kappa shape index (κ2) is 9.70. The van der Waals surface area contributed by atoms with Gasteiger partial charge in [-0.15, -0.1) is 0 Å². The summed E-state index contributed by atoms with van der Waals surface area (Å²) in [5.41, 5.74) is 6.67. The summed E-state index contributed by atoms with van der Waals surface area (Å²) in [4.78, 5) is 12.6. The minimum atomic E-state index is -0.172. The zero-order valence-corrected chi connectivity index (χ0v) is 22.7. The maximum atomic E-state index is 6.47. The summed E-state index contributed by atoms with van der Waals surface area (Å²) in [6.45, 7) is 2.05. The highest BCUT2D eigenvalue weighted by molar-refractivity contribution is 6.51. The van der Waals surface area contributed by atoms with Crippen LogP contribution in [0, 0.1) is 6.92 Å². The summed E-state index contributed by atoms with van der Waals surface area (Å²) >= 11 is 6.47. The van der Waals surface area contributed by atoms with E-state index in [4.69, 9.17) is 31.4 Å². The second-order valence-corrected chi connectivity index (χ2v) is 10.0.